The smallest absolute Gasteiger partial charge is 0.188 e. The van der Waals surface area contributed by atoms with Crippen molar-refractivity contribution in [2.24, 2.45) is 0 Å². The van der Waals surface area contributed by atoms with E-state index in [2.05, 4.69) is 0 Å². The minimum Gasteiger partial charge on any atom is -0.396 e. The van der Waals surface area contributed by atoms with E-state index in [0.717, 1.165) is 18.2 Å². The number of aliphatic hydroxyl groups is 1. The number of hydrogen-bond donors (Lipinski definition) is 1. The third kappa shape index (κ3) is 4.48. The van der Waals surface area contributed by atoms with Gasteiger partial charge in [0.15, 0.2) is 9.84 Å². The largest absolute Gasteiger partial charge is 0.396 e. The number of sulfone groups is 1. The molecule has 0 amide bonds. The van der Waals surface area contributed by atoms with Crippen LogP contribution in [-0.2, 0) is 19.3 Å². The van der Waals surface area contributed by atoms with Crippen LogP contribution in [-0.4, -0.2) is 32.8 Å². The van der Waals surface area contributed by atoms with Crippen LogP contribution in [0.25, 0.3) is 0 Å². The summed E-state index contributed by atoms with van der Waals surface area (Å²) in [5.74, 6) is -1.43. The molecule has 1 aliphatic rings. The van der Waals surface area contributed by atoms with E-state index in [0.29, 0.717) is 30.9 Å². The second kappa shape index (κ2) is 9.08. The van der Waals surface area contributed by atoms with Crippen LogP contribution in [0.2, 0.25) is 5.02 Å². The molecule has 29 heavy (non-hydrogen) atoms. The number of aliphatic hydroxyl groups excluding tert-OH is 1. The summed E-state index contributed by atoms with van der Waals surface area (Å²) in [7, 11) is -4.04. The molecule has 0 saturated heterocycles. The van der Waals surface area contributed by atoms with E-state index in [1.165, 1.54) is 24.3 Å². The van der Waals surface area contributed by atoms with Crippen molar-refractivity contribution in [3.8, 4) is 0 Å². The monoisotopic (exact) mass is 444 g/mol. The molecule has 0 unspecified atom stereocenters. The zero-order chi connectivity index (χ0) is 21.1. The summed E-state index contributed by atoms with van der Waals surface area (Å²) in [4.78, 5) is 0.0187. The second-order valence-corrected chi connectivity index (χ2v) is 9.92. The van der Waals surface area contributed by atoms with Gasteiger partial charge in [-0.15, -0.1) is 0 Å². The Kier molecular flexibility index (Phi) is 6.94. The van der Waals surface area contributed by atoms with Crippen LogP contribution in [0.1, 0.15) is 37.7 Å². The molecule has 0 aromatic heterocycles. The Morgan fingerprint density at radius 1 is 1.10 bits per heavy atom. The number of hydrogen-bond acceptors (Lipinski definition) is 4. The van der Waals surface area contributed by atoms with Gasteiger partial charge in [-0.25, -0.2) is 17.2 Å². The van der Waals surface area contributed by atoms with Gasteiger partial charge >= 0.3 is 0 Å². The molecule has 158 valence electrons. The van der Waals surface area contributed by atoms with Gasteiger partial charge in [0.05, 0.1) is 11.0 Å². The van der Waals surface area contributed by atoms with Gasteiger partial charge in [0.2, 0.25) is 0 Å². The van der Waals surface area contributed by atoms with Crippen LogP contribution in [0.3, 0.4) is 0 Å². The zero-order valence-corrected chi connectivity index (χ0v) is 17.4. The molecule has 3 rings (SSSR count). The minimum atomic E-state index is -4.04. The van der Waals surface area contributed by atoms with E-state index in [-0.39, 0.29) is 36.0 Å². The van der Waals surface area contributed by atoms with Crippen LogP contribution in [0.5, 0.6) is 0 Å². The fraction of sp³-hybridized carbons (Fsp3) is 0.429. The molecule has 4 nitrogen and oxygen atoms in total. The van der Waals surface area contributed by atoms with Gasteiger partial charge in [-0.05, 0) is 74.6 Å². The highest BCUT2D eigenvalue weighted by atomic mass is 35.5. The van der Waals surface area contributed by atoms with Gasteiger partial charge in [0, 0.05) is 23.8 Å². The van der Waals surface area contributed by atoms with E-state index in [4.69, 9.17) is 21.4 Å². The van der Waals surface area contributed by atoms with Gasteiger partial charge in [0.25, 0.3) is 0 Å². The van der Waals surface area contributed by atoms with Crippen molar-refractivity contribution in [1.29, 1.82) is 0 Å². The summed E-state index contributed by atoms with van der Waals surface area (Å²) in [5.41, 5.74) is -0.152. The maximum absolute atomic E-state index is 14.7. The number of rotatable bonds is 7. The second-order valence-electron chi connectivity index (χ2n) is 7.22. The molecule has 2 aromatic carbocycles. The molecule has 0 atom stereocenters. The first-order valence-electron chi connectivity index (χ1n) is 9.48. The molecule has 2 aromatic rings. The number of ether oxygens (including phenoxy) is 1. The molecule has 1 fully saturated rings. The number of benzene rings is 2. The lowest BCUT2D eigenvalue weighted by Gasteiger charge is -2.40. The molecular weight excluding hydrogens is 422 g/mol. The summed E-state index contributed by atoms with van der Waals surface area (Å²) in [6.45, 7) is 0.378. The van der Waals surface area contributed by atoms with Crippen LogP contribution < -0.4 is 0 Å². The van der Waals surface area contributed by atoms with Gasteiger partial charge in [-0.2, -0.15) is 0 Å². The Morgan fingerprint density at radius 2 is 1.76 bits per heavy atom. The molecule has 0 bridgehead atoms. The zero-order valence-electron chi connectivity index (χ0n) is 15.8. The lowest BCUT2D eigenvalue weighted by atomic mass is 9.81. The minimum absolute atomic E-state index is 0.0100. The van der Waals surface area contributed by atoms with Crippen molar-refractivity contribution in [2.75, 3.05) is 13.2 Å². The standard InChI is InChI=1S/C21H23ClF2O4S/c22-15-2-5-18(6-3-15)29(26,27)21(19-14-16(23)4-7-20(19)24)10-8-17(9-11-21)28-13-1-12-25/h2-7,14,17,25H,1,8-13H2/t17-,21+. The van der Waals surface area contributed by atoms with Gasteiger partial charge in [-0.1, -0.05) is 11.6 Å². The molecule has 1 saturated carbocycles. The molecule has 1 N–H and O–H groups in total. The first kappa shape index (κ1) is 22.2. The van der Waals surface area contributed by atoms with Crippen molar-refractivity contribution in [1.82, 2.24) is 0 Å². The number of halogens is 3. The van der Waals surface area contributed by atoms with Gasteiger partial charge < -0.3 is 9.84 Å². The van der Waals surface area contributed by atoms with E-state index >= 15 is 0 Å². The third-order valence-electron chi connectivity index (χ3n) is 5.45. The predicted molar refractivity (Wildman–Crippen MR) is 107 cm³/mol. The Hall–Kier alpha value is -1.54. The normalized spacial score (nSPS) is 22.6. The highest BCUT2D eigenvalue weighted by Crippen LogP contribution is 2.48. The third-order valence-corrected chi connectivity index (χ3v) is 8.26. The van der Waals surface area contributed by atoms with E-state index in [1.54, 1.807) is 0 Å². The lowest BCUT2D eigenvalue weighted by molar-refractivity contribution is 0.0142. The van der Waals surface area contributed by atoms with E-state index < -0.39 is 26.2 Å². The summed E-state index contributed by atoms with van der Waals surface area (Å²) >= 11 is 5.89. The topological polar surface area (TPSA) is 63.6 Å². The van der Waals surface area contributed by atoms with Gasteiger partial charge in [0.1, 0.15) is 16.4 Å². The van der Waals surface area contributed by atoms with Crippen molar-refractivity contribution >= 4 is 21.4 Å². The molecule has 0 heterocycles. The van der Waals surface area contributed by atoms with Crippen molar-refractivity contribution < 1.29 is 27.0 Å². The van der Waals surface area contributed by atoms with Crippen LogP contribution >= 0.6 is 11.6 Å². The maximum atomic E-state index is 14.7. The van der Waals surface area contributed by atoms with Crippen molar-refractivity contribution in [3.05, 3.63) is 64.7 Å². The van der Waals surface area contributed by atoms with E-state index in [9.17, 15) is 17.2 Å². The highest BCUT2D eigenvalue weighted by Gasteiger charge is 2.50. The van der Waals surface area contributed by atoms with Crippen LogP contribution in [0, 0.1) is 11.6 Å². The Balaban J connectivity index is 2.02. The molecule has 1 aliphatic carbocycles. The maximum Gasteiger partial charge on any atom is 0.188 e. The lowest BCUT2D eigenvalue weighted by Crippen LogP contribution is -2.42. The Bertz CT molecular complexity index is 940. The first-order chi connectivity index (χ1) is 13.8. The van der Waals surface area contributed by atoms with E-state index in [1.807, 2.05) is 0 Å². The molecule has 0 aliphatic heterocycles. The highest BCUT2D eigenvalue weighted by molar-refractivity contribution is 7.92. The SMILES string of the molecule is O=S(=O)(c1ccc(Cl)cc1)[C@]1(c2cc(F)ccc2F)CC[C@H](OCCCO)CC1. The first-order valence-corrected chi connectivity index (χ1v) is 11.3. The fourth-order valence-electron chi connectivity index (χ4n) is 3.91. The summed E-state index contributed by atoms with van der Waals surface area (Å²) in [6.07, 6.45) is 1.27. The Labute approximate surface area is 174 Å². The fourth-order valence-corrected chi connectivity index (χ4v) is 6.20. The summed E-state index contributed by atoms with van der Waals surface area (Å²) < 4.78 is 60.1. The van der Waals surface area contributed by atoms with Crippen LogP contribution in [0.4, 0.5) is 8.78 Å². The van der Waals surface area contributed by atoms with Crippen molar-refractivity contribution in [3.63, 3.8) is 0 Å². The average molecular weight is 445 g/mol. The van der Waals surface area contributed by atoms with Gasteiger partial charge in [-0.3, -0.25) is 0 Å². The summed E-state index contributed by atoms with van der Waals surface area (Å²) in [6, 6.07) is 8.64. The Morgan fingerprint density at radius 3 is 2.38 bits per heavy atom. The van der Waals surface area contributed by atoms with Crippen molar-refractivity contribution in [2.45, 2.75) is 47.9 Å². The summed E-state index contributed by atoms with van der Waals surface area (Å²) in [5, 5.41) is 9.28. The quantitative estimate of drug-likeness (QED) is 0.632. The van der Waals surface area contributed by atoms with Crippen LogP contribution in [0.15, 0.2) is 47.4 Å². The molecule has 0 radical (unpaired) electrons. The molecule has 8 heteroatoms. The predicted octanol–water partition coefficient (Wildman–Crippen LogP) is 4.63. The molecular formula is C21H23ClF2O4S. The average Bonchev–Trinajstić information content (AvgIpc) is 2.71. The molecule has 0 spiro atoms.